The van der Waals surface area contributed by atoms with E-state index in [0.717, 1.165) is 0 Å². The zero-order valence-corrected chi connectivity index (χ0v) is 12.1. The molecule has 0 bridgehead atoms. The van der Waals surface area contributed by atoms with Crippen molar-refractivity contribution in [2.24, 2.45) is 0 Å². The second kappa shape index (κ2) is 7.08. The zero-order valence-electron chi connectivity index (χ0n) is 12.1. The van der Waals surface area contributed by atoms with E-state index in [1.165, 1.54) is 0 Å². The van der Waals surface area contributed by atoms with Crippen LogP contribution >= 0.6 is 0 Å². The molecule has 1 heterocycles. The summed E-state index contributed by atoms with van der Waals surface area (Å²) in [6.45, 7) is 4.64. The number of carbonyl (C=O) groups excluding carboxylic acids is 1. The van der Waals surface area contributed by atoms with Gasteiger partial charge in [-0.15, -0.1) is 0 Å². The molecular weight excluding hydrogens is 272 g/mol. The summed E-state index contributed by atoms with van der Waals surface area (Å²) < 4.78 is 5.49. The molecule has 1 aromatic rings. The summed E-state index contributed by atoms with van der Waals surface area (Å²) >= 11 is 0. The first-order chi connectivity index (χ1) is 10.1. The normalized spacial score (nSPS) is 15.8. The predicted octanol–water partition coefficient (Wildman–Crippen LogP) is 0.928. The van der Waals surface area contributed by atoms with Crippen molar-refractivity contribution in [3.05, 3.63) is 29.8 Å². The van der Waals surface area contributed by atoms with Crippen LogP contribution in [0, 0.1) is 0 Å². The van der Waals surface area contributed by atoms with Crippen molar-refractivity contribution >= 4 is 11.9 Å². The van der Waals surface area contributed by atoms with E-state index >= 15 is 0 Å². The van der Waals surface area contributed by atoms with Crippen molar-refractivity contribution in [1.82, 2.24) is 9.80 Å². The lowest BCUT2D eigenvalue weighted by Crippen LogP contribution is -2.49. The van der Waals surface area contributed by atoms with Gasteiger partial charge in [0, 0.05) is 26.2 Å². The number of rotatable bonds is 5. The predicted molar refractivity (Wildman–Crippen MR) is 77.6 cm³/mol. The molecule has 0 saturated carbocycles. The number of aliphatic carboxylic acids is 1. The molecule has 0 radical (unpaired) electrons. The Morgan fingerprint density at radius 2 is 1.86 bits per heavy atom. The maximum absolute atomic E-state index is 12.5. The maximum atomic E-state index is 12.5. The highest BCUT2D eigenvalue weighted by Crippen LogP contribution is 2.20. The van der Waals surface area contributed by atoms with Crippen LogP contribution in [0.2, 0.25) is 0 Å². The number of hydrogen-bond donors (Lipinski definition) is 1. The Balaban J connectivity index is 2.00. The number of nitrogens with zero attached hydrogens (tertiary/aromatic N) is 2. The molecule has 1 saturated heterocycles. The van der Waals surface area contributed by atoms with Crippen molar-refractivity contribution in [3.8, 4) is 5.75 Å². The van der Waals surface area contributed by atoms with Crippen molar-refractivity contribution < 1.29 is 19.4 Å². The van der Waals surface area contributed by atoms with Crippen molar-refractivity contribution in [1.29, 1.82) is 0 Å². The Morgan fingerprint density at radius 3 is 2.48 bits per heavy atom. The number of amides is 1. The molecule has 0 aromatic heterocycles. The van der Waals surface area contributed by atoms with Crippen molar-refractivity contribution in [2.45, 2.75) is 6.92 Å². The molecule has 1 N–H and O–H groups in total. The minimum Gasteiger partial charge on any atom is -0.493 e. The van der Waals surface area contributed by atoms with Crippen LogP contribution in [-0.4, -0.2) is 66.1 Å². The van der Waals surface area contributed by atoms with E-state index in [4.69, 9.17) is 9.84 Å². The number of carboxylic acids is 1. The molecular formula is C15H20N2O4. The minimum absolute atomic E-state index is 0.0254. The molecule has 1 aliphatic heterocycles. The molecule has 1 aliphatic rings. The maximum Gasteiger partial charge on any atom is 0.317 e. The van der Waals surface area contributed by atoms with Crippen LogP contribution in [0.1, 0.15) is 17.3 Å². The van der Waals surface area contributed by atoms with Crippen LogP contribution in [-0.2, 0) is 4.79 Å². The molecule has 6 heteroatoms. The van der Waals surface area contributed by atoms with E-state index in [-0.39, 0.29) is 12.5 Å². The smallest absolute Gasteiger partial charge is 0.317 e. The second-order valence-corrected chi connectivity index (χ2v) is 4.89. The fourth-order valence-corrected chi connectivity index (χ4v) is 2.40. The third-order valence-electron chi connectivity index (χ3n) is 3.44. The molecule has 0 atom stereocenters. The Morgan fingerprint density at radius 1 is 1.19 bits per heavy atom. The molecule has 0 unspecified atom stereocenters. The van der Waals surface area contributed by atoms with Gasteiger partial charge in [-0.1, -0.05) is 12.1 Å². The van der Waals surface area contributed by atoms with Gasteiger partial charge in [-0.3, -0.25) is 14.5 Å². The molecule has 1 amide bonds. The van der Waals surface area contributed by atoms with Gasteiger partial charge in [0.15, 0.2) is 0 Å². The first-order valence-electron chi connectivity index (χ1n) is 7.07. The minimum atomic E-state index is -0.837. The highest BCUT2D eigenvalue weighted by molar-refractivity contribution is 5.97. The summed E-state index contributed by atoms with van der Waals surface area (Å²) in [6, 6.07) is 7.21. The van der Waals surface area contributed by atoms with Crippen molar-refractivity contribution in [3.63, 3.8) is 0 Å². The summed E-state index contributed by atoms with van der Waals surface area (Å²) in [4.78, 5) is 26.8. The largest absolute Gasteiger partial charge is 0.493 e. The molecule has 0 aliphatic carbocycles. The van der Waals surface area contributed by atoms with Gasteiger partial charge in [0.2, 0.25) is 0 Å². The molecule has 6 nitrogen and oxygen atoms in total. The number of para-hydroxylation sites is 1. The van der Waals surface area contributed by atoms with E-state index in [1.807, 2.05) is 24.0 Å². The van der Waals surface area contributed by atoms with Crippen LogP contribution in [0.25, 0.3) is 0 Å². The van der Waals surface area contributed by atoms with Crippen LogP contribution in [0.15, 0.2) is 24.3 Å². The molecule has 2 rings (SSSR count). The first kappa shape index (κ1) is 15.3. The fourth-order valence-electron chi connectivity index (χ4n) is 2.40. The van der Waals surface area contributed by atoms with Gasteiger partial charge in [-0.25, -0.2) is 0 Å². The Bertz CT molecular complexity index is 510. The lowest BCUT2D eigenvalue weighted by atomic mass is 10.1. The molecule has 0 spiro atoms. The van der Waals surface area contributed by atoms with Crippen LogP contribution < -0.4 is 4.74 Å². The van der Waals surface area contributed by atoms with E-state index in [0.29, 0.717) is 44.1 Å². The number of hydrogen-bond acceptors (Lipinski definition) is 4. The zero-order chi connectivity index (χ0) is 15.2. The summed E-state index contributed by atoms with van der Waals surface area (Å²) in [5, 5.41) is 8.78. The summed E-state index contributed by atoms with van der Waals surface area (Å²) in [5.74, 6) is -0.302. The Hall–Kier alpha value is -2.08. The topological polar surface area (TPSA) is 70.1 Å². The van der Waals surface area contributed by atoms with Crippen LogP contribution in [0.4, 0.5) is 0 Å². The Kier molecular flexibility index (Phi) is 5.16. The van der Waals surface area contributed by atoms with E-state index < -0.39 is 5.97 Å². The first-order valence-corrected chi connectivity index (χ1v) is 7.07. The fraction of sp³-hybridized carbons (Fsp3) is 0.467. The van der Waals surface area contributed by atoms with E-state index in [1.54, 1.807) is 17.0 Å². The average molecular weight is 292 g/mol. The highest BCUT2D eigenvalue weighted by atomic mass is 16.5. The van der Waals surface area contributed by atoms with Crippen LogP contribution in [0.3, 0.4) is 0 Å². The monoisotopic (exact) mass is 292 g/mol. The lowest BCUT2D eigenvalue weighted by Gasteiger charge is -2.34. The average Bonchev–Trinajstić information content (AvgIpc) is 2.48. The SMILES string of the molecule is CCOc1ccccc1C(=O)N1CCN(CC(=O)O)CC1. The van der Waals surface area contributed by atoms with Gasteiger partial charge in [-0.05, 0) is 19.1 Å². The van der Waals surface area contributed by atoms with Gasteiger partial charge >= 0.3 is 5.97 Å². The van der Waals surface area contributed by atoms with E-state index in [2.05, 4.69) is 0 Å². The van der Waals surface area contributed by atoms with Crippen molar-refractivity contribution in [2.75, 3.05) is 39.3 Å². The number of piperazine rings is 1. The number of carbonyl (C=O) groups is 2. The molecule has 114 valence electrons. The second-order valence-electron chi connectivity index (χ2n) is 4.89. The number of ether oxygens (including phenoxy) is 1. The van der Waals surface area contributed by atoms with E-state index in [9.17, 15) is 9.59 Å². The van der Waals surface area contributed by atoms with Crippen LogP contribution in [0.5, 0.6) is 5.75 Å². The third kappa shape index (κ3) is 3.95. The summed E-state index contributed by atoms with van der Waals surface area (Å²) in [7, 11) is 0. The summed E-state index contributed by atoms with van der Waals surface area (Å²) in [6.07, 6.45) is 0. The standard InChI is InChI=1S/C15H20N2O4/c1-2-21-13-6-4-3-5-12(13)15(20)17-9-7-16(8-10-17)11-14(18)19/h3-6H,2,7-11H2,1H3,(H,18,19). The third-order valence-corrected chi connectivity index (χ3v) is 3.44. The quantitative estimate of drug-likeness (QED) is 0.874. The van der Waals surface area contributed by atoms with Gasteiger partial charge in [-0.2, -0.15) is 0 Å². The number of benzene rings is 1. The van der Waals surface area contributed by atoms with Gasteiger partial charge in [0.25, 0.3) is 5.91 Å². The van der Waals surface area contributed by atoms with Gasteiger partial charge in [0.1, 0.15) is 5.75 Å². The highest BCUT2D eigenvalue weighted by Gasteiger charge is 2.24. The van der Waals surface area contributed by atoms with Gasteiger partial charge < -0.3 is 14.7 Å². The Labute approximate surface area is 123 Å². The summed E-state index contributed by atoms with van der Waals surface area (Å²) in [5.41, 5.74) is 0.561. The molecule has 1 aromatic carbocycles. The molecule has 1 fully saturated rings. The lowest BCUT2D eigenvalue weighted by molar-refractivity contribution is -0.138. The molecule has 21 heavy (non-hydrogen) atoms. The van der Waals surface area contributed by atoms with Gasteiger partial charge in [0.05, 0.1) is 18.7 Å². The number of carboxylic acid groups (broad SMARTS) is 1.